The number of hydrogen-bond donors (Lipinski definition) is 1. The van der Waals surface area contributed by atoms with Gasteiger partial charge in [0.2, 0.25) is 0 Å². The van der Waals surface area contributed by atoms with Gasteiger partial charge in [-0.05, 0) is 25.0 Å². The minimum atomic E-state index is -0.585. The first-order valence-corrected chi connectivity index (χ1v) is 7.53. The van der Waals surface area contributed by atoms with Gasteiger partial charge in [-0.1, -0.05) is 22.0 Å². The van der Waals surface area contributed by atoms with Crippen molar-refractivity contribution in [2.75, 3.05) is 25.7 Å². The summed E-state index contributed by atoms with van der Waals surface area (Å²) in [4.78, 5) is 12.4. The second kappa shape index (κ2) is 6.54. The molecular formula is C14H17BrFNO3. The molecule has 1 heterocycles. The summed E-state index contributed by atoms with van der Waals surface area (Å²) in [5.74, 6) is -0.806. The lowest BCUT2D eigenvalue weighted by Gasteiger charge is -2.36. The highest BCUT2D eigenvalue weighted by molar-refractivity contribution is 9.09. The van der Waals surface area contributed by atoms with Crippen molar-refractivity contribution in [3.05, 3.63) is 29.6 Å². The number of alkyl halides is 1. The fourth-order valence-corrected chi connectivity index (χ4v) is 2.95. The van der Waals surface area contributed by atoms with E-state index in [0.717, 1.165) is 0 Å². The zero-order chi connectivity index (χ0) is 14.6. The van der Waals surface area contributed by atoms with Crippen molar-refractivity contribution >= 4 is 21.8 Å². The largest absolute Gasteiger partial charge is 0.496 e. The second-order valence-electron chi connectivity index (χ2n) is 4.80. The zero-order valence-corrected chi connectivity index (χ0v) is 12.8. The minimum Gasteiger partial charge on any atom is -0.496 e. The molecule has 0 radical (unpaired) electrons. The predicted octanol–water partition coefficient (Wildman–Crippen LogP) is 2.51. The first kappa shape index (κ1) is 15.3. The highest BCUT2D eigenvalue weighted by Gasteiger charge is 2.34. The van der Waals surface area contributed by atoms with Crippen molar-refractivity contribution in [2.45, 2.75) is 18.4 Å². The molecular weight excluding hydrogens is 329 g/mol. The molecule has 1 fully saturated rings. The Labute approximate surface area is 125 Å². The molecule has 20 heavy (non-hydrogen) atoms. The number of ether oxygens (including phenoxy) is 2. The van der Waals surface area contributed by atoms with Crippen molar-refractivity contribution in [1.29, 1.82) is 0 Å². The van der Waals surface area contributed by atoms with Crippen LogP contribution in [-0.2, 0) is 4.74 Å². The average Bonchev–Trinajstić information content (AvgIpc) is 2.47. The fraction of sp³-hybridized carbons (Fsp3) is 0.500. The SMILES string of the molecule is COc1cccc(F)c1C(=O)NC1(CBr)CCOCC1. The Morgan fingerprint density at radius 3 is 2.80 bits per heavy atom. The van der Waals surface area contributed by atoms with Gasteiger partial charge in [0.05, 0.1) is 12.6 Å². The fourth-order valence-electron chi connectivity index (χ4n) is 2.25. The van der Waals surface area contributed by atoms with Crippen molar-refractivity contribution in [3.63, 3.8) is 0 Å². The number of amides is 1. The van der Waals surface area contributed by atoms with Gasteiger partial charge in [-0.2, -0.15) is 0 Å². The van der Waals surface area contributed by atoms with Crippen LogP contribution in [0.3, 0.4) is 0 Å². The number of methoxy groups -OCH3 is 1. The monoisotopic (exact) mass is 345 g/mol. The Kier molecular flexibility index (Phi) is 4.99. The maximum atomic E-state index is 13.9. The van der Waals surface area contributed by atoms with E-state index in [1.54, 1.807) is 6.07 Å². The molecule has 4 nitrogen and oxygen atoms in total. The van der Waals surface area contributed by atoms with Crippen molar-refractivity contribution < 1.29 is 18.7 Å². The van der Waals surface area contributed by atoms with Crippen LogP contribution in [-0.4, -0.2) is 37.1 Å². The van der Waals surface area contributed by atoms with Crippen LogP contribution < -0.4 is 10.1 Å². The van der Waals surface area contributed by atoms with Crippen LogP contribution >= 0.6 is 15.9 Å². The third kappa shape index (κ3) is 3.12. The molecule has 0 aromatic heterocycles. The second-order valence-corrected chi connectivity index (χ2v) is 5.36. The molecule has 1 aliphatic rings. The van der Waals surface area contributed by atoms with Crippen LogP contribution in [0.5, 0.6) is 5.75 Å². The molecule has 0 atom stereocenters. The minimum absolute atomic E-state index is 0.0539. The van der Waals surface area contributed by atoms with Crippen molar-refractivity contribution in [2.24, 2.45) is 0 Å². The van der Waals surface area contributed by atoms with Crippen molar-refractivity contribution in [3.8, 4) is 5.75 Å². The molecule has 1 aromatic carbocycles. The van der Waals surface area contributed by atoms with Gasteiger partial charge in [0.25, 0.3) is 5.91 Å². The summed E-state index contributed by atoms with van der Waals surface area (Å²) in [5, 5.41) is 3.53. The Morgan fingerprint density at radius 2 is 2.20 bits per heavy atom. The molecule has 1 aliphatic heterocycles. The van der Waals surface area contributed by atoms with E-state index in [1.165, 1.54) is 19.2 Å². The average molecular weight is 346 g/mol. The number of nitrogens with one attached hydrogen (secondary N) is 1. The number of carbonyl (C=O) groups is 1. The summed E-state index contributed by atoms with van der Waals surface area (Å²) in [6.07, 6.45) is 1.39. The standard InChI is InChI=1S/C14H17BrFNO3/c1-19-11-4-2-3-10(16)12(11)13(18)17-14(9-15)5-7-20-8-6-14/h2-4H,5-9H2,1H3,(H,17,18). The smallest absolute Gasteiger partial charge is 0.258 e. The van der Waals surface area contributed by atoms with Gasteiger partial charge >= 0.3 is 0 Å². The first-order chi connectivity index (χ1) is 9.62. The van der Waals surface area contributed by atoms with Crippen LogP contribution in [0.1, 0.15) is 23.2 Å². The topological polar surface area (TPSA) is 47.6 Å². The van der Waals surface area contributed by atoms with Gasteiger partial charge in [0.15, 0.2) is 0 Å². The van der Waals surface area contributed by atoms with Gasteiger partial charge in [0.1, 0.15) is 17.1 Å². The summed E-state index contributed by atoms with van der Waals surface area (Å²) in [6.45, 7) is 1.17. The van der Waals surface area contributed by atoms with Gasteiger partial charge in [0, 0.05) is 18.5 Å². The molecule has 2 rings (SSSR count). The molecule has 1 saturated heterocycles. The Bertz CT molecular complexity index is 489. The molecule has 0 aliphatic carbocycles. The summed E-state index contributed by atoms with van der Waals surface area (Å²) in [6, 6.07) is 4.34. The molecule has 6 heteroatoms. The van der Waals surface area contributed by atoms with Gasteiger partial charge < -0.3 is 14.8 Å². The number of rotatable bonds is 4. The van der Waals surface area contributed by atoms with E-state index in [9.17, 15) is 9.18 Å². The van der Waals surface area contributed by atoms with E-state index in [2.05, 4.69) is 21.2 Å². The first-order valence-electron chi connectivity index (χ1n) is 6.40. The molecule has 0 saturated carbocycles. The molecule has 0 unspecified atom stereocenters. The Morgan fingerprint density at radius 1 is 1.50 bits per heavy atom. The van der Waals surface area contributed by atoms with Gasteiger partial charge in [-0.3, -0.25) is 4.79 Å². The Hall–Kier alpha value is -1.14. The summed E-state index contributed by atoms with van der Waals surface area (Å²) < 4.78 is 24.3. The number of carbonyl (C=O) groups excluding carboxylic acids is 1. The van der Waals surface area contributed by atoms with Crippen LogP contribution in [0.15, 0.2) is 18.2 Å². The molecule has 0 spiro atoms. The number of benzene rings is 1. The normalized spacial score (nSPS) is 17.6. The lowest BCUT2D eigenvalue weighted by atomic mass is 9.92. The molecule has 1 aromatic rings. The van der Waals surface area contributed by atoms with Crippen LogP contribution in [0.25, 0.3) is 0 Å². The molecule has 1 N–H and O–H groups in total. The lowest BCUT2D eigenvalue weighted by molar-refractivity contribution is 0.0440. The summed E-state index contributed by atoms with van der Waals surface area (Å²) >= 11 is 3.43. The maximum absolute atomic E-state index is 13.9. The lowest BCUT2D eigenvalue weighted by Crippen LogP contribution is -2.53. The van der Waals surface area contributed by atoms with Crippen molar-refractivity contribution in [1.82, 2.24) is 5.32 Å². The molecule has 110 valence electrons. The van der Waals surface area contributed by atoms with Gasteiger partial charge in [-0.25, -0.2) is 4.39 Å². The quantitative estimate of drug-likeness (QED) is 0.853. The van der Waals surface area contributed by atoms with E-state index < -0.39 is 17.3 Å². The molecule has 1 amide bonds. The predicted molar refractivity (Wildman–Crippen MR) is 77.0 cm³/mol. The van der Waals surface area contributed by atoms with E-state index in [-0.39, 0.29) is 11.3 Å². The third-order valence-corrected chi connectivity index (χ3v) is 4.58. The summed E-state index contributed by atoms with van der Waals surface area (Å²) in [5.41, 5.74) is -0.454. The van der Waals surface area contributed by atoms with Crippen LogP contribution in [0, 0.1) is 5.82 Å². The van der Waals surface area contributed by atoms with E-state index >= 15 is 0 Å². The number of halogens is 2. The van der Waals surface area contributed by atoms with E-state index in [4.69, 9.17) is 9.47 Å². The van der Waals surface area contributed by atoms with E-state index in [0.29, 0.717) is 31.4 Å². The highest BCUT2D eigenvalue weighted by atomic mass is 79.9. The van der Waals surface area contributed by atoms with Crippen LogP contribution in [0.4, 0.5) is 4.39 Å². The Balaban J connectivity index is 2.23. The number of hydrogen-bond acceptors (Lipinski definition) is 3. The maximum Gasteiger partial charge on any atom is 0.258 e. The third-order valence-electron chi connectivity index (χ3n) is 3.51. The van der Waals surface area contributed by atoms with Gasteiger partial charge in [-0.15, -0.1) is 0 Å². The summed E-state index contributed by atoms with van der Waals surface area (Å²) in [7, 11) is 1.42. The zero-order valence-electron chi connectivity index (χ0n) is 11.2. The van der Waals surface area contributed by atoms with E-state index in [1.807, 2.05) is 0 Å². The molecule has 0 bridgehead atoms. The highest BCUT2D eigenvalue weighted by Crippen LogP contribution is 2.26. The van der Waals surface area contributed by atoms with Crippen LogP contribution in [0.2, 0.25) is 0 Å².